The number of esters is 1. The van der Waals surface area contributed by atoms with Crippen LogP contribution in [0.4, 0.5) is 0 Å². The number of hydrogen-bond donors (Lipinski definition) is 3. The molecule has 2 unspecified atom stereocenters. The van der Waals surface area contributed by atoms with Gasteiger partial charge in [0.2, 0.25) is 0 Å². The van der Waals surface area contributed by atoms with E-state index in [0.717, 1.165) is 65.9 Å². The number of aliphatic hydroxyl groups is 3. The van der Waals surface area contributed by atoms with Crippen molar-refractivity contribution in [2.24, 2.45) is 0 Å². The van der Waals surface area contributed by atoms with Gasteiger partial charge in [-0.15, -0.1) is 0 Å². The summed E-state index contributed by atoms with van der Waals surface area (Å²) < 4.78 is 18.2. The Morgan fingerprint density at radius 2 is 1.72 bits per heavy atom. The van der Waals surface area contributed by atoms with E-state index in [-0.39, 0.29) is 31.8 Å². The number of hydrogen-bond acceptors (Lipinski definition) is 8. The van der Waals surface area contributed by atoms with Gasteiger partial charge in [-0.25, -0.2) is 0 Å². The molecule has 39 heavy (non-hydrogen) atoms. The zero-order valence-corrected chi connectivity index (χ0v) is 24.1. The third-order valence-corrected chi connectivity index (χ3v) is 7.78. The van der Waals surface area contributed by atoms with Gasteiger partial charge in [0, 0.05) is 31.6 Å². The van der Waals surface area contributed by atoms with Crippen molar-refractivity contribution in [3.63, 3.8) is 0 Å². The number of aryl methyl sites for hydroxylation is 1. The second-order valence-electron chi connectivity index (χ2n) is 10.8. The summed E-state index contributed by atoms with van der Waals surface area (Å²) in [5, 5.41) is 28.3. The summed E-state index contributed by atoms with van der Waals surface area (Å²) >= 11 is 0. The normalized spacial score (nSPS) is 17.5. The number of ether oxygens (including phenoxy) is 3. The van der Waals surface area contributed by atoms with E-state index in [1.807, 2.05) is 37.8 Å². The zero-order valence-electron chi connectivity index (χ0n) is 24.1. The van der Waals surface area contributed by atoms with Crippen molar-refractivity contribution in [2.75, 3.05) is 39.5 Å². The van der Waals surface area contributed by atoms with E-state index in [1.54, 1.807) is 0 Å². The van der Waals surface area contributed by atoms with Crippen LogP contribution in [-0.4, -0.2) is 77.3 Å². The molecule has 0 fully saturated rings. The number of benzene rings is 2. The Hall–Kier alpha value is -2.65. The van der Waals surface area contributed by atoms with E-state index in [1.165, 1.54) is 12.5 Å². The fraction of sp³-hybridized carbons (Fsp3) is 0.581. The first-order valence-electron chi connectivity index (χ1n) is 13.9. The summed E-state index contributed by atoms with van der Waals surface area (Å²) in [5.41, 5.74) is 4.67. The van der Waals surface area contributed by atoms with Gasteiger partial charge >= 0.3 is 5.97 Å². The van der Waals surface area contributed by atoms with Crippen molar-refractivity contribution in [3.05, 3.63) is 52.1 Å². The first kappa shape index (κ1) is 30.9. The standard InChI is InChI=1S/C31H45NO7/c1-21-22(2)30-28(23(3)29(21)38-24(4)36)13-14-31(5,39-30)20-37-27-11-9-25(10-12-27)7-6-8-26(19-35)32(15-17-33)16-18-34/h9-12,26,33-35H,6-8,13-20H2,1-5H3. The third-order valence-electron chi connectivity index (χ3n) is 7.78. The highest BCUT2D eigenvalue weighted by molar-refractivity contribution is 5.72. The van der Waals surface area contributed by atoms with E-state index >= 15 is 0 Å². The number of fused-ring (bicyclic) bond motifs is 1. The lowest BCUT2D eigenvalue weighted by molar-refractivity contribution is -0.132. The summed E-state index contributed by atoms with van der Waals surface area (Å²) in [4.78, 5) is 13.5. The van der Waals surface area contributed by atoms with Gasteiger partial charge in [0.05, 0.1) is 19.8 Å². The Bertz CT molecular complexity index is 1100. The molecule has 0 aliphatic carbocycles. The molecule has 1 aliphatic rings. The van der Waals surface area contributed by atoms with Gasteiger partial charge in [0.15, 0.2) is 0 Å². The molecule has 0 saturated carbocycles. The van der Waals surface area contributed by atoms with Crippen molar-refractivity contribution in [3.8, 4) is 17.2 Å². The highest BCUT2D eigenvalue weighted by Crippen LogP contribution is 2.44. The van der Waals surface area contributed by atoms with Crippen LogP contribution in [0.5, 0.6) is 17.2 Å². The zero-order chi connectivity index (χ0) is 28.6. The Morgan fingerprint density at radius 1 is 1.05 bits per heavy atom. The number of aliphatic hydroxyl groups excluding tert-OH is 3. The van der Waals surface area contributed by atoms with E-state index in [4.69, 9.17) is 14.2 Å². The molecule has 216 valence electrons. The molecule has 0 bridgehead atoms. The van der Waals surface area contributed by atoms with E-state index < -0.39 is 5.60 Å². The van der Waals surface area contributed by atoms with Crippen molar-refractivity contribution >= 4 is 5.97 Å². The molecule has 0 radical (unpaired) electrons. The first-order valence-corrected chi connectivity index (χ1v) is 13.9. The summed E-state index contributed by atoms with van der Waals surface area (Å²) in [6.07, 6.45) is 4.15. The summed E-state index contributed by atoms with van der Waals surface area (Å²) in [6.45, 7) is 10.8. The topological polar surface area (TPSA) is 109 Å². The van der Waals surface area contributed by atoms with Crippen LogP contribution in [0.3, 0.4) is 0 Å². The van der Waals surface area contributed by atoms with Crippen LogP contribution < -0.4 is 14.2 Å². The first-order chi connectivity index (χ1) is 18.6. The molecular formula is C31H45NO7. The predicted molar refractivity (Wildman–Crippen MR) is 151 cm³/mol. The maximum atomic E-state index is 11.6. The van der Waals surface area contributed by atoms with Gasteiger partial charge in [0.25, 0.3) is 0 Å². The van der Waals surface area contributed by atoms with Crippen LogP contribution >= 0.6 is 0 Å². The minimum Gasteiger partial charge on any atom is -0.489 e. The Balaban J connectivity index is 1.56. The van der Waals surface area contributed by atoms with Crippen molar-refractivity contribution in [1.29, 1.82) is 0 Å². The second-order valence-corrected chi connectivity index (χ2v) is 10.8. The highest BCUT2D eigenvalue weighted by Gasteiger charge is 2.36. The molecule has 1 aliphatic heterocycles. The van der Waals surface area contributed by atoms with Crippen LogP contribution in [0.1, 0.15) is 60.9 Å². The summed E-state index contributed by atoms with van der Waals surface area (Å²) in [6, 6.07) is 8.02. The Labute approximate surface area is 232 Å². The van der Waals surface area contributed by atoms with Gasteiger partial charge in [-0.2, -0.15) is 0 Å². The molecule has 0 aromatic heterocycles. The van der Waals surface area contributed by atoms with Crippen LogP contribution in [0.15, 0.2) is 24.3 Å². The molecule has 0 amide bonds. The largest absolute Gasteiger partial charge is 0.489 e. The number of carbonyl (C=O) groups excluding carboxylic acids is 1. The average molecular weight is 544 g/mol. The average Bonchev–Trinajstić information content (AvgIpc) is 2.91. The molecule has 0 saturated heterocycles. The van der Waals surface area contributed by atoms with E-state index in [0.29, 0.717) is 25.4 Å². The van der Waals surface area contributed by atoms with Crippen molar-refractivity contribution in [1.82, 2.24) is 4.90 Å². The van der Waals surface area contributed by atoms with Gasteiger partial charge in [-0.05, 0) is 94.2 Å². The maximum absolute atomic E-state index is 11.6. The molecule has 8 heteroatoms. The molecule has 2 atom stereocenters. The number of carbonyl (C=O) groups is 1. The molecular weight excluding hydrogens is 498 g/mol. The van der Waals surface area contributed by atoms with Crippen LogP contribution in [0.2, 0.25) is 0 Å². The lowest BCUT2D eigenvalue weighted by Crippen LogP contribution is -2.42. The van der Waals surface area contributed by atoms with Gasteiger partial charge in [-0.1, -0.05) is 12.1 Å². The quantitative estimate of drug-likeness (QED) is 0.245. The van der Waals surface area contributed by atoms with Crippen LogP contribution in [-0.2, 0) is 17.6 Å². The minimum absolute atomic E-state index is 0.00408. The Morgan fingerprint density at radius 3 is 2.31 bits per heavy atom. The van der Waals surface area contributed by atoms with E-state index in [2.05, 4.69) is 19.1 Å². The third kappa shape index (κ3) is 7.94. The smallest absolute Gasteiger partial charge is 0.308 e. The lowest BCUT2D eigenvalue weighted by Gasteiger charge is -2.37. The predicted octanol–water partition coefficient (Wildman–Crippen LogP) is 3.67. The number of nitrogens with zero attached hydrogens (tertiary/aromatic N) is 1. The molecule has 3 rings (SSSR count). The SMILES string of the molecule is CC(=O)Oc1c(C)c(C)c2c(c1C)CCC(C)(COc1ccc(CCCC(CO)N(CCO)CCO)cc1)O2. The highest BCUT2D eigenvalue weighted by atomic mass is 16.5. The molecule has 3 N–H and O–H groups in total. The van der Waals surface area contributed by atoms with Gasteiger partial charge < -0.3 is 29.5 Å². The fourth-order valence-electron chi connectivity index (χ4n) is 5.33. The molecule has 0 spiro atoms. The minimum atomic E-state index is -0.480. The maximum Gasteiger partial charge on any atom is 0.308 e. The van der Waals surface area contributed by atoms with Crippen LogP contribution in [0, 0.1) is 20.8 Å². The Kier molecular flexibility index (Phi) is 11.2. The molecule has 8 nitrogen and oxygen atoms in total. The summed E-state index contributed by atoms with van der Waals surface area (Å²) in [5.74, 6) is 1.97. The van der Waals surface area contributed by atoms with Gasteiger partial charge in [-0.3, -0.25) is 9.69 Å². The fourth-order valence-corrected chi connectivity index (χ4v) is 5.33. The second kappa shape index (κ2) is 14.1. The van der Waals surface area contributed by atoms with Crippen molar-refractivity contribution < 1.29 is 34.3 Å². The number of rotatable bonds is 14. The van der Waals surface area contributed by atoms with Gasteiger partial charge in [0.1, 0.15) is 29.5 Å². The van der Waals surface area contributed by atoms with E-state index in [9.17, 15) is 20.1 Å². The van der Waals surface area contributed by atoms with Crippen LogP contribution in [0.25, 0.3) is 0 Å². The lowest BCUT2D eigenvalue weighted by atomic mass is 9.87. The van der Waals surface area contributed by atoms with Crippen molar-refractivity contribution in [2.45, 2.75) is 78.4 Å². The molecule has 2 aromatic rings. The molecule has 1 heterocycles. The summed E-state index contributed by atoms with van der Waals surface area (Å²) in [7, 11) is 0. The molecule has 2 aromatic carbocycles. The monoisotopic (exact) mass is 543 g/mol.